The van der Waals surface area contributed by atoms with Crippen LogP contribution in [0.15, 0.2) is 24.3 Å². The highest BCUT2D eigenvalue weighted by molar-refractivity contribution is 5.32. The number of ether oxygens (including phenoxy) is 1. The average molecular weight is 217 g/mol. The quantitative estimate of drug-likeness (QED) is 0.819. The number of nitrogens with zero attached hydrogens (tertiary/aromatic N) is 1. The SMILES string of the molecule is N#Cc1ccc(CC2(O)CCOCC2)cc1. The fourth-order valence-corrected chi connectivity index (χ4v) is 2.01. The van der Waals surface area contributed by atoms with Crippen LogP contribution in [0.25, 0.3) is 0 Å². The van der Waals surface area contributed by atoms with Gasteiger partial charge in [0.25, 0.3) is 0 Å². The Labute approximate surface area is 95.3 Å². The van der Waals surface area contributed by atoms with Crippen LogP contribution in [0.3, 0.4) is 0 Å². The van der Waals surface area contributed by atoms with E-state index in [-0.39, 0.29) is 0 Å². The van der Waals surface area contributed by atoms with Gasteiger partial charge in [-0.15, -0.1) is 0 Å². The zero-order chi connectivity index (χ0) is 11.4. The molecule has 1 aliphatic heterocycles. The van der Waals surface area contributed by atoms with Crippen LogP contribution >= 0.6 is 0 Å². The van der Waals surface area contributed by atoms with Gasteiger partial charge in [-0.05, 0) is 30.5 Å². The van der Waals surface area contributed by atoms with Crippen molar-refractivity contribution in [2.45, 2.75) is 24.9 Å². The van der Waals surface area contributed by atoms with E-state index in [0.29, 0.717) is 38.0 Å². The standard InChI is InChI=1S/C13H15NO2/c14-10-12-3-1-11(2-4-12)9-13(15)5-7-16-8-6-13/h1-4,15H,5-9H2. The monoisotopic (exact) mass is 217 g/mol. The smallest absolute Gasteiger partial charge is 0.0991 e. The molecule has 0 aromatic heterocycles. The van der Waals surface area contributed by atoms with Crippen LogP contribution in [0.5, 0.6) is 0 Å². The summed E-state index contributed by atoms with van der Waals surface area (Å²) in [5.41, 5.74) is 1.10. The maximum Gasteiger partial charge on any atom is 0.0991 e. The Bertz CT molecular complexity index is 385. The van der Waals surface area contributed by atoms with Crippen LogP contribution in [0, 0.1) is 11.3 Å². The number of aliphatic hydroxyl groups is 1. The Kier molecular flexibility index (Phi) is 3.23. The van der Waals surface area contributed by atoms with Crippen LogP contribution < -0.4 is 0 Å². The lowest BCUT2D eigenvalue weighted by Gasteiger charge is -2.32. The van der Waals surface area contributed by atoms with Gasteiger partial charge in [-0.2, -0.15) is 5.26 Å². The molecule has 3 nitrogen and oxygen atoms in total. The summed E-state index contributed by atoms with van der Waals surface area (Å²) in [6, 6.07) is 9.48. The molecular weight excluding hydrogens is 202 g/mol. The van der Waals surface area contributed by atoms with Gasteiger partial charge >= 0.3 is 0 Å². The van der Waals surface area contributed by atoms with Crippen molar-refractivity contribution in [3.8, 4) is 6.07 Å². The topological polar surface area (TPSA) is 53.2 Å². The Morgan fingerprint density at radius 3 is 2.44 bits per heavy atom. The zero-order valence-corrected chi connectivity index (χ0v) is 9.15. The fourth-order valence-electron chi connectivity index (χ4n) is 2.01. The minimum Gasteiger partial charge on any atom is -0.389 e. The molecule has 1 heterocycles. The van der Waals surface area contributed by atoms with Gasteiger partial charge in [0.2, 0.25) is 0 Å². The van der Waals surface area contributed by atoms with Crippen molar-refractivity contribution in [3.05, 3.63) is 35.4 Å². The molecular formula is C13H15NO2. The second-order valence-corrected chi connectivity index (χ2v) is 4.32. The molecule has 0 saturated carbocycles. The molecule has 16 heavy (non-hydrogen) atoms. The summed E-state index contributed by atoms with van der Waals surface area (Å²) in [6.07, 6.45) is 2.02. The van der Waals surface area contributed by atoms with E-state index in [0.717, 1.165) is 5.56 Å². The Hall–Kier alpha value is -1.37. The Morgan fingerprint density at radius 1 is 1.25 bits per heavy atom. The number of hydrogen-bond acceptors (Lipinski definition) is 3. The summed E-state index contributed by atoms with van der Waals surface area (Å²) >= 11 is 0. The number of nitriles is 1. The molecule has 0 atom stereocenters. The van der Waals surface area contributed by atoms with Crippen molar-refractivity contribution >= 4 is 0 Å². The molecule has 0 radical (unpaired) electrons. The minimum atomic E-state index is -0.633. The van der Waals surface area contributed by atoms with E-state index >= 15 is 0 Å². The molecule has 0 unspecified atom stereocenters. The van der Waals surface area contributed by atoms with Gasteiger partial charge in [-0.3, -0.25) is 0 Å². The van der Waals surface area contributed by atoms with Crippen molar-refractivity contribution in [1.29, 1.82) is 5.26 Å². The van der Waals surface area contributed by atoms with Gasteiger partial charge < -0.3 is 9.84 Å². The Morgan fingerprint density at radius 2 is 1.88 bits per heavy atom. The molecule has 1 N–H and O–H groups in total. The van der Waals surface area contributed by atoms with E-state index < -0.39 is 5.60 Å². The molecule has 0 bridgehead atoms. The molecule has 84 valence electrons. The third-order valence-electron chi connectivity index (χ3n) is 3.04. The summed E-state index contributed by atoms with van der Waals surface area (Å²) in [7, 11) is 0. The summed E-state index contributed by atoms with van der Waals surface area (Å²) in [5.74, 6) is 0. The van der Waals surface area contributed by atoms with E-state index in [4.69, 9.17) is 10.00 Å². The molecule has 0 spiro atoms. The highest BCUT2D eigenvalue weighted by Gasteiger charge is 2.29. The molecule has 1 aromatic carbocycles. The van der Waals surface area contributed by atoms with E-state index in [1.807, 2.05) is 12.1 Å². The van der Waals surface area contributed by atoms with Gasteiger partial charge in [0.15, 0.2) is 0 Å². The van der Waals surface area contributed by atoms with Crippen LogP contribution in [-0.4, -0.2) is 23.9 Å². The molecule has 0 amide bonds. The van der Waals surface area contributed by atoms with Crippen molar-refractivity contribution in [2.24, 2.45) is 0 Å². The van der Waals surface area contributed by atoms with E-state index in [9.17, 15) is 5.11 Å². The lowest BCUT2D eigenvalue weighted by molar-refractivity contribution is -0.0625. The number of rotatable bonds is 2. The lowest BCUT2D eigenvalue weighted by Crippen LogP contribution is -2.38. The first-order chi connectivity index (χ1) is 7.72. The summed E-state index contributed by atoms with van der Waals surface area (Å²) < 4.78 is 5.24. The first-order valence-corrected chi connectivity index (χ1v) is 5.51. The predicted molar refractivity (Wildman–Crippen MR) is 59.9 cm³/mol. The van der Waals surface area contributed by atoms with E-state index in [1.54, 1.807) is 12.1 Å². The molecule has 0 aliphatic carbocycles. The van der Waals surface area contributed by atoms with Crippen LogP contribution in [0.4, 0.5) is 0 Å². The van der Waals surface area contributed by atoms with Crippen LogP contribution in [0.2, 0.25) is 0 Å². The third kappa shape index (κ3) is 2.60. The van der Waals surface area contributed by atoms with E-state index in [2.05, 4.69) is 6.07 Å². The van der Waals surface area contributed by atoms with Gasteiger partial charge in [-0.25, -0.2) is 0 Å². The van der Waals surface area contributed by atoms with Crippen LogP contribution in [-0.2, 0) is 11.2 Å². The average Bonchev–Trinajstić information content (AvgIpc) is 2.30. The Balaban J connectivity index is 2.05. The zero-order valence-electron chi connectivity index (χ0n) is 9.15. The normalized spacial score (nSPS) is 19.0. The molecule has 1 saturated heterocycles. The minimum absolute atomic E-state index is 0.632. The van der Waals surface area contributed by atoms with Crippen molar-refractivity contribution in [2.75, 3.05) is 13.2 Å². The first-order valence-electron chi connectivity index (χ1n) is 5.51. The highest BCUT2D eigenvalue weighted by Crippen LogP contribution is 2.25. The van der Waals surface area contributed by atoms with E-state index in [1.165, 1.54) is 0 Å². The maximum absolute atomic E-state index is 10.3. The van der Waals surface area contributed by atoms with Gasteiger partial charge in [0, 0.05) is 19.6 Å². The third-order valence-corrected chi connectivity index (χ3v) is 3.04. The second-order valence-electron chi connectivity index (χ2n) is 4.32. The molecule has 1 aliphatic rings. The fraction of sp³-hybridized carbons (Fsp3) is 0.462. The largest absolute Gasteiger partial charge is 0.389 e. The molecule has 3 heteroatoms. The second kappa shape index (κ2) is 4.65. The maximum atomic E-state index is 10.3. The molecule has 1 fully saturated rings. The van der Waals surface area contributed by atoms with Crippen molar-refractivity contribution in [3.63, 3.8) is 0 Å². The van der Waals surface area contributed by atoms with Crippen LogP contribution in [0.1, 0.15) is 24.0 Å². The number of benzene rings is 1. The summed E-state index contributed by atoms with van der Waals surface area (Å²) in [6.45, 7) is 1.26. The van der Waals surface area contributed by atoms with Crippen molar-refractivity contribution in [1.82, 2.24) is 0 Å². The predicted octanol–water partition coefficient (Wildman–Crippen LogP) is 1.64. The van der Waals surface area contributed by atoms with Gasteiger partial charge in [0.05, 0.1) is 17.2 Å². The molecule has 1 aromatic rings. The highest BCUT2D eigenvalue weighted by atomic mass is 16.5. The number of hydrogen-bond donors (Lipinski definition) is 1. The first kappa shape index (κ1) is 11.1. The summed E-state index contributed by atoms with van der Waals surface area (Å²) in [5, 5.41) is 19.0. The van der Waals surface area contributed by atoms with Crippen molar-refractivity contribution < 1.29 is 9.84 Å². The summed E-state index contributed by atoms with van der Waals surface area (Å²) in [4.78, 5) is 0. The lowest BCUT2D eigenvalue weighted by atomic mass is 9.87. The molecule has 2 rings (SSSR count). The van der Waals surface area contributed by atoms with Gasteiger partial charge in [-0.1, -0.05) is 12.1 Å². The van der Waals surface area contributed by atoms with Gasteiger partial charge in [0.1, 0.15) is 0 Å².